The summed E-state index contributed by atoms with van der Waals surface area (Å²) in [4.78, 5) is 21.5. The number of hydrogen-bond donors (Lipinski definition) is 1. The number of thiazole rings is 1. The molecule has 0 aromatic carbocycles. The molecule has 2 aromatic rings. The van der Waals surface area contributed by atoms with Gasteiger partial charge in [0.15, 0.2) is 0 Å². The highest BCUT2D eigenvalue weighted by atomic mass is 32.1. The average molecular weight is 306 g/mol. The van der Waals surface area contributed by atoms with Crippen LogP contribution < -0.4 is 5.32 Å². The standard InChI is InChI=1S/C15H22N4OS/c1-10(2)9-19-7-6-16-14(19)18-12(20)11-8-17-13(21-11)15(3,4)5/h6-8,10H,9H2,1-5H3,(H,16,18,20). The maximum absolute atomic E-state index is 12.3. The molecule has 0 aliphatic heterocycles. The van der Waals surface area contributed by atoms with E-state index in [0.29, 0.717) is 16.7 Å². The summed E-state index contributed by atoms with van der Waals surface area (Å²) < 4.78 is 1.95. The Bertz CT molecular complexity index is 622. The predicted molar refractivity (Wildman–Crippen MR) is 85.8 cm³/mol. The first-order valence-corrected chi connectivity index (χ1v) is 7.88. The number of nitrogens with one attached hydrogen (secondary N) is 1. The Hall–Kier alpha value is -1.69. The third-order valence-corrected chi connectivity index (χ3v) is 4.30. The van der Waals surface area contributed by atoms with Crippen molar-refractivity contribution in [2.75, 3.05) is 5.32 Å². The number of imidazole rings is 1. The third-order valence-electron chi connectivity index (χ3n) is 2.87. The van der Waals surface area contributed by atoms with Gasteiger partial charge in [-0.3, -0.25) is 10.1 Å². The fourth-order valence-corrected chi connectivity index (χ4v) is 2.73. The van der Waals surface area contributed by atoms with Gasteiger partial charge in [0.25, 0.3) is 5.91 Å². The summed E-state index contributed by atoms with van der Waals surface area (Å²) in [6.07, 6.45) is 5.21. The summed E-state index contributed by atoms with van der Waals surface area (Å²) in [7, 11) is 0. The summed E-state index contributed by atoms with van der Waals surface area (Å²) in [5.74, 6) is 0.921. The molecule has 6 heteroatoms. The van der Waals surface area contributed by atoms with Gasteiger partial charge in [0.1, 0.15) is 4.88 Å². The predicted octanol–water partition coefficient (Wildman–Crippen LogP) is 3.55. The quantitative estimate of drug-likeness (QED) is 0.939. The Labute approximate surface area is 129 Å². The number of nitrogens with zero attached hydrogens (tertiary/aromatic N) is 3. The van der Waals surface area contributed by atoms with Gasteiger partial charge in [0.05, 0.1) is 11.2 Å². The van der Waals surface area contributed by atoms with Gasteiger partial charge in [-0.1, -0.05) is 34.6 Å². The summed E-state index contributed by atoms with van der Waals surface area (Å²) in [5.41, 5.74) is -0.0424. The molecule has 0 radical (unpaired) electrons. The summed E-state index contributed by atoms with van der Waals surface area (Å²) in [6.45, 7) is 11.3. The maximum Gasteiger partial charge on any atom is 0.269 e. The number of aromatic nitrogens is 3. The van der Waals surface area contributed by atoms with Gasteiger partial charge in [-0.2, -0.15) is 0 Å². The summed E-state index contributed by atoms with van der Waals surface area (Å²) >= 11 is 1.43. The van der Waals surface area contributed by atoms with E-state index in [9.17, 15) is 4.79 Å². The van der Waals surface area contributed by atoms with Crippen molar-refractivity contribution in [3.8, 4) is 0 Å². The second-order valence-corrected chi connectivity index (χ2v) is 7.56. The molecule has 2 aromatic heterocycles. The Kier molecular flexibility index (Phi) is 4.46. The first kappa shape index (κ1) is 15.7. The Morgan fingerprint density at radius 3 is 2.67 bits per heavy atom. The van der Waals surface area contributed by atoms with E-state index in [1.165, 1.54) is 11.3 Å². The number of amides is 1. The van der Waals surface area contributed by atoms with Crippen molar-refractivity contribution in [1.82, 2.24) is 14.5 Å². The lowest BCUT2D eigenvalue weighted by Crippen LogP contribution is -2.16. The minimum atomic E-state index is -0.154. The van der Waals surface area contributed by atoms with Crippen LogP contribution in [-0.2, 0) is 12.0 Å². The van der Waals surface area contributed by atoms with Gasteiger partial charge in [-0.25, -0.2) is 9.97 Å². The molecule has 0 bridgehead atoms. The molecule has 2 rings (SSSR count). The zero-order valence-electron chi connectivity index (χ0n) is 13.2. The molecule has 0 atom stereocenters. The van der Waals surface area contributed by atoms with Gasteiger partial charge >= 0.3 is 0 Å². The largest absolute Gasteiger partial charge is 0.317 e. The van der Waals surface area contributed by atoms with Crippen LogP contribution in [0.4, 0.5) is 5.95 Å². The zero-order valence-corrected chi connectivity index (χ0v) is 14.0. The van der Waals surface area contributed by atoms with Crippen LogP contribution in [-0.4, -0.2) is 20.4 Å². The maximum atomic E-state index is 12.3. The van der Waals surface area contributed by atoms with E-state index in [1.54, 1.807) is 12.4 Å². The smallest absolute Gasteiger partial charge is 0.269 e. The third kappa shape index (κ3) is 3.91. The van der Waals surface area contributed by atoms with E-state index >= 15 is 0 Å². The van der Waals surface area contributed by atoms with Crippen molar-refractivity contribution in [1.29, 1.82) is 0 Å². The molecule has 0 saturated heterocycles. The molecule has 114 valence electrons. The van der Waals surface area contributed by atoms with Gasteiger partial charge in [-0.05, 0) is 5.92 Å². The highest BCUT2D eigenvalue weighted by Gasteiger charge is 2.21. The van der Waals surface area contributed by atoms with Crippen LogP contribution >= 0.6 is 11.3 Å². The lowest BCUT2D eigenvalue weighted by molar-refractivity contribution is 0.102. The van der Waals surface area contributed by atoms with E-state index in [0.717, 1.165) is 11.6 Å². The highest BCUT2D eigenvalue weighted by Crippen LogP contribution is 2.27. The molecule has 1 N–H and O–H groups in total. The number of carbonyl (C=O) groups excluding carboxylic acids is 1. The van der Waals surface area contributed by atoms with Crippen LogP contribution in [0, 0.1) is 5.92 Å². The van der Waals surface area contributed by atoms with Crippen molar-refractivity contribution >= 4 is 23.2 Å². The van der Waals surface area contributed by atoms with E-state index < -0.39 is 0 Å². The minimum Gasteiger partial charge on any atom is -0.317 e. The monoisotopic (exact) mass is 306 g/mol. The van der Waals surface area contributed by atoms with Gasteiger partial charge < -0.3 is 4.57 Å². The minimum absolute atomic E-state index is 0.0424. The second-order valence-electron chi connectivity index (χ2n) is 6.53. The molecule has 2 heterocycles. The average Bonchev–Trinajstić information content (AvgIpc) is 2.97. The lowest BCUT2D eigenvalue weighted by atomic mass is 9.98. The van der Waals surface area contributed by atoms with Crippen LogP contribution in [0.3, 0.4) is 0 Å². The van der Waals surface area contributed by atoms with Crippen molar-refractivity contribution < 1.29 is 4.79 Å². The lowest BCUT2D eigenvalue weighted by Gasteiger charge is -2.13. The van der Waals surface area contributed by atoms with Crippen molar-refractivity contribution in [3.05, 3.63) is 28.5 Å². The van der Waals surface area contributed by atoms with Gasteiger partial charge in [-0.15, -0.1) is 11.3 Å². The van der Waals surface area contributed by atoms with E-state index in [4.69, 9.17) is 0 Å². The van der Waals surface area contributed by atoms with Gasteiger partial charge in [0.2, 0.25) is 5.95 Å². The zero-order chi connectivity index (χ0) is 15.6. The van der Waals surface area contributed by atoms with Crippen LogP contribution in [0.1, 0.15) is 49.3 Å². The highest BCUT2D eigenvalue weighted by molar-refractivity contribution is 7.13. The Morgan fingerprint density at radius 2 is 2.10 bits per heavy atom. The topological polar surface area (TPSA) is 59.8 Å². The molecular formula is C15H22N4OS. The first-order chi connectivity index (χ1) is 9.77. The Morgan fingerprint density at radius 1 is 1.38 bits per heavy atom. The summed E-state index contributed by atoms with van der Waals surface area (Å²) in [5, 5.41) is 3.82. The number of rotatable bonds is 4. The molecule has 0 aliphatic carbocycles. The van der Waals surface area contributed by atoms with Crippen molar-refractivity contribution in [2.45, 2.75) is 46.6 Å². The fourth-order valence-electron chi connectivity index (χ4n) is 1.86. The molecule has 1 amide bonds. The normalized spacial score (nSPS) is 11.9. The number of carbonyl (C=O) groups is 1. The van der Waals surface area contributed by atoms with E-state index in [1.807, 2.05) is 10.8 Å². The molecule has 21 heavy (non-hydrogen) atoms. The van der Waals surface area contributed by atoms with Crippen molar-refractivity contribution in [3.63, 3.8) is 0 Å². The molecule has 0 aliphatic rings. The van der Waals surface area contributed by atoms with Crippen molar-refractivity contribution in [2.24, 2.45) is 5.92 Å². The molecule has 0 unspecified atom stereocenters. The van der Waals surface area contributed by atoms with E-state index in [-0.39, 0.29) is 11.3 Å². The molecule has 0 saturated carbocycles. The summed E-state index contributed by atoms with van der Waals surface area (Å²) in [6, 6.07) is 0. The van der Waals surface area contributed by atoms with E-state index in [2.05, 4.69) is 49.9 Å². The first-order valence-electron chi connectivity index (χ1n) is 7.06. The van der Waals surface area contributed by atoms with Crippen LogP contribution in [0.5, 0.6) is 0 Å². The number of hydrogen-bond acceptors (Lipinski definition) is 4. The Balaban J connectivity index is 2.12. The number of anilines is 1. The molecule has 5 nitrogen and oxygen atoms in total. The van der Waals surface area contributed by atoms with Crippen LogP contribution in [0.25, 0.3) is 0 Å². The second kappa shape index (κ2) is 5.97. The molecule has 0 spiro atoms. The van der Waals surface area contributed by atoms with Crippen LogP contribution in [0.15, 0.2) is 18.6 Å². The molecular weight excluding hydrogens is 284 g/mol. The SMILES string of the molecule is CC(C)Cn1ccnc1NC(=O)c1cnc(C(C)(C)C)s1. The fraction of sp³-hybridized carbons (Fsp3) is 0.533. The van der Waals surface area contributed by atoms with Crippen LogP contribution in [0.2, 0.25) is 0 Å². The van der Waals surface area contributed by atoms with Gasteiger partial charge in [0, 0.05) is 24.4 Å². The molecule has 0 fully saturated rings.